The lowest BCUT2D eigenvalue weighted by atomic mass is 9.91. The van der Waals surface area contributed by atoms with Gasteiger partial charge in [0.2, 0.25) is 0 Å². The third-order valence-corrected chi connectivity index (χ3v) is 4.77. The largest absolute Gasteiger partial charge is 0.459 e. The molecule has 116 valence electrons. The quantitative estimate of drug-likeness (QED) is 0.855. The van der Waals surface area contributed by atoms with Crippen LogP contribution in [0.4, 0.5) is 0 Å². The molecule has 21 heavy (non-hydrogen) atoms. The van der Waals surface area contributed by atoms with Crippen LogP contribution in [0.3, 0.4) is 0 Å². The summed E-state index contributed by atoms with van der Waals surface area (Å²) in [5.41, 5.74) is 0. The standard InChI is InChI=1S/C16H24N2O3/c1-20-14-6-3-2-5-13(14)17-8-10-18(11-9-17)16(19)15-7-4-12-21-15/h4,7,12-14H,2-3,5-6,8-11H2,1H3/t13-,14+/m1/s1. The van der Waals surface area contributed by atoms with Crippen molar-refractivity contribution in [2.24, 2.45) is 0 Å². The van der Waals surface area contributed by atoms with E-state index in [2.05, 4.69) is 4.90 Å². The highest BCUT2D eigenvalue weighted by molar-refractivity contribution is 5.91. The van der Waals surface area contributed by atoms with E-state index in [1.165, 1.54) is 19.3 Å². The lowest BCUT2D eigenvalue weighted by molar-refractivity contribution is -0.0252. The maximum atomic E-state index is 12.3. The van der Waals surface area contributed by atoms with Gasteiger partial charge in [0.25, 0.3) is 5.91 Å². The molecule has 2 fully saturated rings. The number of nitrogens with zero attached hydrogens (tertiary/aromatic N) is 2. The smallest absolute Gasteiger partial charge is 0.289 e. The average molecular weight is 292 g/mol. The van der Waals surface area contributed by atoms with Crippen molar-refractivity contribution in [2.45, 2.75) is 37.8 Å². The number of hydrogen-bond donors (Lipinski definition) is 0. The zero-order chi connectivity index (χ0) is 14.7. The first-order valence-corrected chi connectivity index (χ1v) is 7.89. The van der Waals surface area contributed by atoms with E-state index in [1.54, 1.807) is 18.4 Å². The van der Waals surface area contributed by atoms with Gasteiger partial charge < -0.3 is 14.1 Å². The number of hydrogen-bond acceptors (Lipinski definition) is 4. The van der Waals surface area contributed by atoms with Crippen LogP contribution in [-0.2, 0) is 4.74 Å². The van der Waals surface area contributed by atoms with Gasteiger partial charge in [0.15, 0.2) is 5.76 Å². The fraction of sp³-hybridized carbons (Fsp3) is 0.688. The molecule has 5 nitrogen and oxygen atoms in total. The van der Waals surface area contributed by atoms with E-state index in [0.717, 1.165) is 32.6 Å². The van der Waals surface area contributed by atoms with Gasteiger partial charge in [0.1, 0.15) is 0 Å². The molecule has 0 spiro atoms. The number of carbonyl (C=O) groups excluding carboxylic acids is 1. The summed E-state index contributed by atoms with van der Waals surface area (Å²) in [6.45, 7) is 3.40. The van der Waals surface area contributed by atoms with E-state index in [0.29, 0.717) is 17.9 Å². The minimum absolute atomic E-state index is 0.00610. The summed E-state index contributed by atoms with van der Waals surface area (Å²) >= 11 is 0. The van der Waals surface area contributed by atoms with Gasteiger partial charge in [-0.1, -0.05) is 12.8 Å². The molecule has 1 aromatic heterocycles. The lowest BCUT2D eigenvalue weighted by Gasteiger charge is -2.43. The van der Waals surface area contributed by atoms with Crippen LogP contribution in [0.25, 0.3) is 0 Å². The molecule has 0 N–H and O–H groups in total. The maximum absolute atomic E-state index is 12.3. The van der Waals surface area contributed by atoms with Gasteiger partial charge in [0, 0.05) is 39.3 Å². The molecular formula is C16H24N2O3. The Labute approximate surface area is 125 Å². The number of methoxy groups -OCH3 is 1. The normalized spacial score (nSPS) is 27.8. The summed E-state index contributed by atoms with van der Waals surface area (Å²) in [5.74, 6) is 0.447. The van der Waals surface area contributed by atoms with Gasteiger partial charge in [-0.15, -0.1) is 0 Å². The van der Waals surface area contributed by atoms with Crippen LogP contribution in [0.15, 0.2) is 22.8 Å². The van der Waals surface area contributed by atoms with Gasteiger partial charge in [0.05, 0.1) is 12.4 Å². The minimum Gasteiger partial charge on any atom is -0.459 e. The van der Waals surface area contributed by atoms with Crippen molar-refractivity contribution in [3.05, 3.63) is 24.2 Å². The van der Waals surface area contributed by atoms with Gasteiger partial charge >= 0.3 is 0 Å². The van der Waals surface area contributed by atoms with Crippen LogP contribution in [0.5, 0.6) is 0 Å². The van der Waals surface area contributed by atoms with E-state index < -0.39 is 0 Å². The van der Waals surface area contributed by atoms with Crippen LogP contribution in [0, 0.1) is 0 Å². The number of ether oxygens (including phenoxy) is 1. The van der Waals surface area contributed by atoms with Crippen molar-refractivity contribution in [1.82, 2.24) is 9.80 Å². The molecule has 0 bridgehead atoms. The first kappa shape index (κ1) is 14.6. The van der Waals surface area contributed by atoms with E-state index >= 15 is 0 Å². The number of piperazine rings is 1. The highest BCUT2D eigenvalue weighted by Crippen LogP contribution is 2.26. The predicted molar refractivity (Wildman–Crippen MR) is 79.2 cm³/mol. The summed E-state index contributed by atoms with van der Waals surface area (Å²) in [5, 5.41) is 0. The summed E-state index contributed by atoms with van der Waals surface area (Å²) in [6.07, 6.45) is 6.83. The lowest BCUT2D eigenvalue weighted by Crippen LogP contribution is -2.55. The van der Waals surface area contributed by atoms with Gasteiger partial charge in [-0.25, -0.2) is 0 Å². The second-order valence-corrected chi connectivity index (χ2v) is 5.93. The van der Waals surface area contributed by atoms with Gasteiger partial charge in [-0.3, -0.25) is 9.69 Å². The molecule has 2 aliphatic rings. The predicted octanol–water partition coefficient (Wildman–Crippen LogP) is 1.99. The van der Waals surface area contributed by atoms with Crippen molar-refractivity contribution >= 4 is 5.91 Å². The molecule has 2 heterocycles. The summed E-state index contributed by atoms with van der Waals surface area (Å²) in [7, 11) is 1.82. The zero-order valence-electron chi connectivity index (χ0n) is 12.7. The van der Waals surface area contributed by atoms with Crippen LogP contribution in [-0.4, -0.2) is 61.1 Å². The van der Waals surface area contributed by atoms with E-state index in [-0.39, 0.29) is 5.91 Å². The summed E-state index contributed by atoms with van der Waals surface area (Å²) in [6, 6.07) is 4.01. The first-order chi connectivity index (χ1) is 10.3. The molecule has 2 atom stereocenters. The van der Waals surface area contributed by atoms with Crippen molar-refractivity contribution in [1.29, 1.82) is 0 Å². The Kier molecular flexibility index (Phi) is 4.60. The minimum atomic E-state index is 0.00610. The van der Waals surface area contributed by atoms with Crippen LogP contribution >= 0.6 is 0 Å². The van der Waals surface area contributed by atoms with Crippen LogP contribution in [0.2, 0.25) is 0 Å². The van der Waals surface area contributed by atoms with E-state index in [1.807, 2.05) is 12.0 Å². The monoisotopic (exact) mass is 292 g/mol. The third kappa shape index (κ3) is 3.14. The molecule has 1 aliphatic heterocycles. The Balaban J connectivity index is 1.56. The molecule has 1 aliphatic carbocycles. The van der Waals surface area contributed by atoms with Crippen molar-refractivity contribution in [3.63, 3.8) is 0 Å². The molecule has 1 aromatic rings. The highest BCUT2D eigenvalue weighted by atomic mass is 16.5. The Morgan fingerprint density at radius 2 is 2.00 bits per heavy atom. The second-order valence-electron chi connectivity index (χ2n) is 5.93. The van der Waals surface area contributed by atoms with E-state index in [9.17, 15) is 4.79 Å². The Morgan fingerprint density at radius 3 is 2.67 bits per heavy atom. The number of rotatable bonds is 3. The SMILES string of the molecule is CO[C@H]1CCCC[C@H]1N1CCN(C(=O)c2ccco2)CC1. The fourth-order valence-electron chi connectivity index (χ4n) is 3.58. The Hall–Kier alpha value is -1.33. The van der Waals surface area contributed by atoms with Crippen LogP contribution in [0.1, 0.15) is 36.2 Å². The Bertz CT molecular complexity index is 452. The molecular weight excluding hydrogens is 268 g/mol. The third-order valence-electron chi connectivity index (χ3n) is 4.77. The topological polar surface area (TPSA) is 45.9 Å². The summed E-state index contributed by atoms with van der Waals surface area (Å²) in [4.78, 5) is 16.6. The Morgan fingerprint density at radius 1 is 1.24 bits per heavy atom. The molecule has 1 saturated heterocycles. The molecule has 3 rings (SSSR count). The number of carbonyl (C=O) groups is 1. The highest BCUT2D eigenvalue weighted by Gasteiger charge is 2.33. The fourth-order valence-corrected chi connectivity index (χ4v) is 3.58. The molecule has 0 unspecified atom stereocenters. The van der Waals surface area contributed by atoms with Gasteiger partial charge in [-0.05, 0) is 25.0 Å². The molecule has 1 amide bonds. The molecule has 5 heteroatoms. The molecule has 0 aromatic carbocycles. The summed E-state index contributed by atoms with van der Waals surface area (Å²) < 4.78 is 10.9. The maximum Gasteiger partial charge on any atom is 0.289 e. The average Bonchev–Trinajstić information content (AvgIpc) is 3.09. The van der Waals surface area contributed by atoms with E-state index in [4.69, 9.17) is 9.15 Å². The first-order valence-electron chi connectivity index (χ1n) is 7.89. The number of amides is 1. The molecule has 1 saturated carbocycles. The van der Waals surface area contributed by atoms with Crippen molar-refractivity contribution < 1.29 is 13.9 Å². The number of furan rings is 1. The zero-order valence-corrected chi connectivity index (χ0v) is 12.7. The van der Waals surface area contributed by atoms with Crippen LogP contribution < -0.4 is 0 Å². The van der Waals surface area contributed by atoms with Gasteiger partial charge in [-0.2, -0.15) is 0 Å². The molecule has 0 radical (unpaired) electrons. The van der Waals surface area contributed by atoms with Crippen molar-refractivity contribution in [2.75, 3.05) is 33.3 Å². The second kappa shape index (κ2) is 6.62. The van der Waals surface area contributed by atoms with Crippen molar-refractivity contribution in [3.8, 4) is 0 Å².